The van der Waals surface area contributed by atoms with E-state index in [-0.39, 0.29) is 12.5 Å². The molecule has 1 saturated heterocycles. The number of hydrogen-bond acceptors (Lipinski definition) is 8. The second kappa shape index (κ2) is 72.3. The monoisotopic (exact) mass is 1310 g/mol. The van der Waals surface area contributed by atoms with Crippen LogP contribution in [0.15, 0.2) is 122 Å². The van der Waals surface area contributed by atoms with Crippen LogP contribution in [0.3, 0.4) is 0 Å². The molecule has 1 heterocycles. The molecule has 0 spiro atoms. The lowest BCUT2D eigenvalue weighted by molar-refractivity contribution is -0.302. The lowest BCUT2D eigenvalue weighted by Crippen LogP contribution is -2.60. The molecule has 1 fully saturated rings. The third-order valence-electron chi connectivity index (χ3n) is 18.2. The summed E-state index contributed by atoms with van der Waals surface area (Å²) >= 11 is 0. The van der Waals surface area contributed by atoms with Crippen molar-refractivity contribution in [2.24, 2.45) is 0 Å². The minimum Gasteiger partial charge on any atom is -0.394 e. The van der Waals surface area contributed by atoms with E-state index in [0.717, 1.165) is 89.9 Å². The van der Waals surface area contributed by atoms with Crippen molar-refractivity contribution in [1.29, 1.82) is 0 Å². The molecule has 0 aromatic heterocycles. The Balaban J connectivity index is 2.10. The van der Waals surface area contributed by atoms with Crippen LogP contribution in [-0.4, -0.2) is 87.5 Å². The van der Waals surface area contributed by atoms with Crippen LogP contribution in [0.2, 0.25) is 0 Å². The van der Waals surface area contributed by atoms with Gasteiger partial charge < -0.3 is 40.3 Å². The van der Waals surface area contributed by atoms with Gasteiger partial charge in [0.2, 0.25) is 5.91 Å². The number of amides is 1. The third-order valence-corrected chi connectivity index (χ3v) is 18.2. The standard InChI is InChI=1S/C85H149NO8/c1-3-5-7-9-11-13-15-17-19-21-23-25-27-29-31-33-35-36-37-38-39-40-41-42-43-44-45-47-49-51-53-55-57-59-61-63-65-67-69-71-73-75-81(89)86-78(77-93-85-84(92)83(91)82(90)80(76-87)94-85)79(88)74-72-70-68-66-64-62-60-58-56-54-52-50-48-46-34-32-30-28-26-24-22-20-18-16-14-12-10-8-6-4-2/h5,7,11,13,17,19,23,25,29,31,35-36,38-39,56,58,64,66,72,74,78-80,82-85,87-88,90-92H,3-4,6,8-10,12,14-16,18,20-22,24,26-28,30,32-34,37,40-55,57,59-63,65,67-71,73,75-77H2,1-2H3,(H,86,89)/b7-5-,13-11-,19-17-,25-23-,31-29-,36-35-,39-38-,58-56+,66-64+,74-72+. The fraction of sp³-hybridized carbons (Fsp3) is 0.753. The highest BCUT2D eigenvalue weighted by Crippen LogP contribution is 2.23. The summed E-state index contributed by atoms with van der Waals surface area (Å²) in [4.78, 5) is 13.2. The highest BCUT2D eigenvalue weighted by Gasteiger charge is 2.44. The second-order valence-electron chi connectivity index (χ2n) is 27.1. The summed E-state index contributed by atoms with van der Waals surface area (Å²) in [6, 6.07) is -0.836. The molecule has 7 atom stereocenters. The summed E-state index contributed by atoms with van der Waals surface area (Å²) < 4.78 is 11.3. The second-order valence-corrected chi connectivity index (χ2v) is 27.1. The van der Waals surface area contributed by atoms with Gasteiger partial charge in [0.25, 0.3) is 0 Å². The molecular weight excluding hydrogens is 1160 g/mol. The molecular formula is C85H149NO8. The summed E-state index contributed by atoms with van der Waals surface area (Å²) in [5, 5.41) is 54.9. The smallest absolute Gasteiger partial charge is 0.220 e. The largest absolute Gasteiger partial charge is 0.394 e. The van der Waals surface area contributed by atoms with E-state index in [9.17, 15) is 30.3 Å². The molecule has 1 amide bonds. The summed E-state index contributed by atoms with van der Waals surface area (Å²) in [6.45, 7) is 3.68. The van der Waals surface area contributed by atoms with Gasteiger partial charge in [-0.05, 0) is 103 Å². The molecule has 94 heavy (non-hydrogen) atoms. The van der Waals surface area contributed by atoms with E-state index in [1.165, 1.54) is 244 Å². The minimum atomic E-state index is -1.58. The van der Waals surface area contributed by atoms with Gasteiger partial charge in [-0.25, -0.2) is 0 Å². The van der Waals surface area contributed by atoms with Crippen molar-refractivity contribution in [2.75, 3.05) is 13.2 Å². The highest BCUT2D eigenvalue weighted by molar-refractivity contribution is 5.76. The topological polar surface area (TPSA) is 149 Å². The number of nitrogens with one attached hydrogen (secondary N) is 1. The van der Waals surface area contributed by atoms with E-state index < -0.39 is 49.5 Å². The van der Waals surface area contributed by atoms with Gasteiger partial charge in [0.1, 0.15) is 24.4 Å². The zero-order valence-electron chi connectivity index (χ0n) is 60.9. The van der Waals surface area contributed by atoms with Crippen LogP contribution in [-0.2, 0) is 14.3 Å². The Morgan fingerprint density at radius 3 is 1.02 bits per heavy atom. The number of allylic oxidation sites excluding steroid dienone is 19. The number of unbranched alkanes of at least 4 members (excludes halogenated alkanes) is 41. The average Bonchev–Trinajstić information content (AvgIpc) is 0.831. The number of ether oxygens (including phenoxy) is 2. The van der Waals surface area contributed by atoms with Crippen molar-refractivity contribution in [2.45, 2.75) is 397 Å². The maximum Gasteiger partial charge on any atom is 0.220 e. The van der Waals surface area contributed by atoms with Crippen LogP contribution in [0.4, 0.5) is 0 Å². The molecule has 0 saturated carbocycles. The Morgan fingerprint density at radius 2 is 0.670 bits per heavy atom. The van der Waals surface area contributed by atoms with Gasteiger partial charge >= 0.3 is 0 Å². The maximum absolute atomic E-state index is 13.2. The third kappa shape index (κ3) is 59.8. The molecule has 1 aliphatic heterocycles. The lowest BCUT2D eigenvalue weighted by atomic mass is 9.99. The van der Waals surface area contributed by atoms with Crippen molar-refractivity contribution >= 4 is 5.91 Å². The zero-order chi connectivity index (χ0) is 67.8. The number of carbonyl (C=O) groups excluding carboxylic acids is 1. The van der Waals surface area contributed by atoms with Gasteiger partial charge in [-0.1, -0.05) is 367 Å². The first kappa shape index (κ1) is 88.6. The molecule has 1 rings (SSSR count). The molecule has 0 bridgehead atoms. The normalized spacial score (nSPS) is 18.2. The molecule has 1 aliphatic rings. The van der Waals surface area contributed by atoms with Crippen molar-refractivity contribution in [3.8, 4) is 0 Å². The Kier molecular flexibility index (Phi) is 68.2. The van der Waals surface area contributed by atoms with Crippen molar-refractivity contribution in [1.82, 2.24) is 5.32 Å². The van der Waals surface area contributed by atoms with Crippen molar-refractivity contribution < 1.29 is 39.8 Å². The molecule has 9 heteroatoms. The van der Waals surface area contributed by atoms with Crippen LogP contribution in [0.25, 0.3) is 0 Å². The van der Waals surface area contributed by atoms with Gasteiger partial charge in [-0.15, -0.1) is 0 Å². The van der Waals surface area contributed by atoms with Gasteiger partial charge in [0.15, 0.2) is 6.29 Å². The van der Waals surface area contributed by atoms with Gasteiger partial charge in [-0.2, -0.15) is 0 Å². The quantitative estimate of drug-likeness (QED) is 0.0261. The first-order valence-electron chi connectivity index (χ1n) is 39.8. The van der Waals surface area contributed by atoms with E-state index in [1.54, 1.807) is 6.08 Å². The molecule has 9 nitrogen and oxygen atoms in total. The van der Waals surface area contributed by atoms with Gasteiger partial charge in [0, 0.05) is 6.42 Å². The Labute approximate surface area is 579 Å². The van der Waals surface area contributed by atoms with E-state index in [0.29, 0.717) is 6.42 Å². The Morgan fingerprint density at radius 1 is 0.372 bits per heavy atom. The van der Waals surface area contributed by atoms with E-state index >= 15 is 0 Å². The maximum atomic E-state index is 13.2. The predicted molar refractivity (Wildman–Crippen MR) is 405 cm³/mol. The average molecular weight is 1310 g/mol. The van der Waals surface area contributed by atoms with Crippen LogP contribution in [0, 0.1) is 0 Å². The van der Waals surface area contributed by atoms with Crippen molar-refractivity contribution in [3.05, 3.63) is 122 Å². The lowest BCUT2D eigenvalue weighted by Gasteiger charge is -2.40. The number of rotatable bonds is 69. The summed E-state index contributed by atoms with van der Waals surface area (Å²) in [7, 11) is 0. The van der Waals surface area contributed by atoms with Crippen LogP contribution in [0.1, 0.15) is 354 Å². The van der Waals surface area contributed by atoms with E-state index in [4.69, 9.17) is 9.47 Å². The Hall–Kier alpha value is -3.41. The van der Waals surface area contributed by atoms with E-state index in [1.807, 2.05) is 6.08 Å². The fourth-order valence-electron chi connectivity index (χ4n) is 12.1. The highest BCUT2D eigenvalue weighted by atomic mass is 16.7. The van der Waals surface area contributed by atoms with Crippen molar-refractivity contribution in [3.63, 3.8) is 0 Å². The number of hydrogen-bond donors (Lipinski definition) is 6. The SMILES string of the molecule is CC/C=C\C/C=C\C/C=C\C/C=C\C/C=C\C/C=C\C/C=C\CCCCCCCCCCCCCCCCCCCCCC(=O)NC(COC1OC(CO)C(O)C(O)C1O)C(O)/C=C/CC/C=C/CC/C=C/CCCCCCCCCCCCCCCCCCCCCC. The molecule has 0 radical (unpaired) electrons. The molecule has 7 unspecified atom stereocenters. The minimum absolute atomic E-state index is 0.189. The summed E-state index contributed by atoms with van der Waals surface area (Å²) in [5.74, 6) is -0.189. The van der Waals surface area contributed by atoms with Crippen LogP contribution >= 0.6 is 0 Å². The molecule has 0 aromatic rings. The van der Waals surface area contributed by atoms with Crippen LogP contribution in [0.5, 0.6) is 0 Å². The molecule has 6 N–H and O–H groups in total. The van der Waals surface area contributed by atoms with Gasteiger partial charge in [0.05, 0.1) is 25.4 Å². The zero-order valence-corrected chi connectivity index (χ0v) is 60.9. The number of aliphatic hydroxyl groups excluding tert-OH is 5. The molecule has 542 valence electrons. The first-order valence-corrected chi connectivity index (χ1v) is 39.8. The Bertz CT molecular complexity index is 1910. The molecule has 0 aromatic carbocycles. The fourth-order valence-corrected chi connectivity index (χ4v) is 12.1. The number of carbonyl (C=O) groups is 1. The predicted octanol–water partition coefficient (Wildman–Crippen LogP) is 22.9. The first-order chi connectivity index (χ1) is 46.3. The van der Waals surface area contributed by atoms with E-state index in [2.05, 4.69) is 129 Å². The summed E-state index contributed by atoms with van der Waals surface area (Å²) in [6.07, 6.45) is 102. The molecule has 0 aliphatic carbocycles. The van der Waals surface area contributed by atoms with Gasteiger partial charge in [-0.3, -0.25) is 4.79 Å². The van der Waals surface area contributed by atoms with Crippen LogP contribution < -0.4 is 5.32 Å². The number of aliphatic hydroxyl groups is 5. The summed E-state index contributed by atoms with van der Waals surface area (Å²) in [5.41, 5.74) is 0.